The summed E-state index contributed by atoms with van der Waals surface area (Å²) in [5.41, 5.74) is 1.27. The Morgan fingerprint density at radius 2 is 2.08 bits per heavy atom. The molecule has 0 bridgehead atoms. The van der Waals surface area contributed by atoms with Gasteiger partial charge in [-0.05, 0) is 30.7 Å². The molecule has 0 aromatic heterocycles. The van der Waals surface area contributed by atoms with Gasteiger partial charge in [0.25, 0.3) is 0 Å². The molecule has 4 heteroatoms. The van der Waals surface area contributed by atoms with E-state index in [4.69, 9.17) is 0 Å². The van der Waals surface area contributed by atoms with Gasteiger partial charge >= 0.3 is 0 Å². The molecule has 1 fully saturated rings. The lowest BCUT2D eigenvalue weighted by molar-refractivity contribution is -0.125. The fourth-order valence-corrected chi connectivity index (χ4v) is 3.55. The Balaban J connectivity index is 1.85. The maximum Gasteiger partial charge on any atom is 0.222 e. The quantitative estimate of drug-likeness (QED) is 0.641. The molecule has 0 aliphatic carbocycles. The fourth-order valence-electron chi connectivity index (χ4n) is 3.55. The number of nitrogens with one attached hydrogen (secondary N) is 2. The zero-order chi connectivity index (χ0) is 17.5. The highest BCUT2D eigenvalue weighted by atomic mass is 16.3. The standard InChI is InChI=1S/C20H32N2O2/c1-4-5-11-21-20(24)15(3)13-18(23)17-12-14(2)19(22-17)16-9-7-6-8-10-16/h6-10,14-15,17-19,22-23H,4-5,11-13H2,1-3H3,(H,21,24)/t14-,15-,17+,18+,19+/m1/s1. The van der Waals surface area contributed by atoms with Gasteiger partial charge in [-0.15, -0.1) is 0 Å². The minimum atomic E-state index is -0.493. The van der Waals surface area contributed by atoms with E-state index in [-0.39, 0.29) is 23.9 Å². The lowest BCUT2D eigenvalue weighted by Gasteiger charge is -2.23. The third kappa shape index (κ3) is 5.05. The molecule has 4 nitrogen and oxygen atoms in total. The number of carbonyl (C=O) groups is 1. The van der Waals surface area contributed by atoms with Crippen molar-refractivity contribution < 1.29 is 9.90 Å². The van der Waals surface area contributed by atoms with E-state index in [9.17, 15) is 9.90 Å². The van der Waals surface area contributed by atoms with Gasteiger partial charge in [0.1, 0.15) is 0 Å². The molecule has 0 unspecified atom stereocenters. The molecule has 1 aliphatic heterocycles. The molecular formula is C20H32N2O2. The highest BCUT2D eigenvalue weighted by Gasteiger charge is 2.36. The van der Waals surface area contributed by atoms with Crippen molar-refractivity contribution in [3.8, 4) is 0 Å². The van der Waals surface area contributed by atoms with Gasteiger partial charge in [-0.2, -0.15) is 0 Å². The van der Waals surface area contributed by atoms with Crippen molar-refractivity contribution in [2.75, 3.05) is 6.54 Å². The summed E-state index contributed by atoms with van der Waals surface area (Å²) >= 11 is 0. The Kier molecular flexibility index (Phi) is 7.25. The van der Waals surface area contributed by atoms with Crippen molar-refractivity contribution in [2.45, 2.75) is 64.6 Å². The van der Waals surface area contributed by atoms with Gasteiger partial charge in [0.2, 0.25) is 5.91 Å². The Labute approximate surface area is 146 Å². The zero-order valence-corrected chi connectivity index (χ0v) is 15.2. The summed E-state index contributed by atoms with van der Waals surface area (Å²) in [6, 6.07) is 10.7. The van der Waals surface area contributed by atoms with Gasteiger partial charge in [0, 0.05) is 24.5 Å². The molecule has 1 aromatic carbocycles. The van der Waals surface area contributed by atoms with Crippen LogP contribution >= 0.6 is 0 Å². The molecule has 1 heterocycles. The number of carbonyl (C=O) groups excluding carboxylic acids is 1. The second-order valence-corrected chi connectivity index (χ2v) is 7.22. The topological polar surface area (TPSA) is 61.4 Å². The van der Waals surface area contributed by atoms with Gasteiger partial charge in [-0.3, -0.25) is 4.79 Å². The average Bonchev–Trinajstić information content (AvgIpc) is 2.97. The number of rotatable bonds is 8. The summed E-state index contributed by atoms with van der Waals surface area (Å²) in [7, 11) is 0. The number of aliphatic hydroxyl groups excluding tert-OH is 1. The number of benzene rings is 1. The first-order valence-electron chi connectivity index (χ1n) is 9.29. The summed E-state index contributed by atoms with van der Waals surface area (Å²) in [6.07, 6.45) is 3.02. The second-order valence-electron chi connectivity index (χ2n) is 7.22. The number of hydrogen-bond donors (Lipinski definition) is 3. The van der Waals surface area contributed by atoms with Gasteiger partial charge in [-0.25, -0.2) is 0 Å². The van der Waals surface area contributed by atoms with Gasteiger partial charge in [-0.1, -0.05) is 57.5 Å². The Hall–Kier alpha value is -1.39. The minimum Gasteiger partial charge on any atom is -0.391 e. The monoisotopic (exact) mass is 332 g/mol. The molecule has 1 aliphatic rings. The maximum absolute atomic E-state index is 12.1. The van der Waals surface area contributed by atoms with Crippen molar-refractivity contribution in [3.63, 3.8) is 0 Å². The first-order valence-corrected chi connectivity index (χ1v) is 9.29. The maximum atomic E-state index is 12.1. The average molecular weight is 332 g/mol. The molecule has 24 heavy (non-hydrogen) atoms. The molecule has 2 rings (SSSR count). The molecule has 0 radical (unpaired) electrons. The SMILES string of the molecule is CCCCNC(=O)[C@H](C)C[C@H](O)[C@@H]1C[C@@H](C)[C@@H](c2ccccc2)N1. The van der Waals surface area contributed by atoms with Crippen LogP contribution in [0.5, 0.6) is 0 Å². The normalized spacial score (nSPS) is 26.1. The lowest BCUT2D eigenvalue weighted by Crippen LogP contribution is -2.39. The van der Waals surface area contributed by atoms with Crippen LogP contribution in [0.2, 0.25) is 0 Å². The van der Waals surface area contributed by atoms with Crippen LogP contribution in [-0.4, -0.2) is 29.7 Å². The lowest BCUT2D eigenvalue weighted by atomic mass is 9.92. The van der Waals surface area contributed by atoms with Crippen LogP contribution in [0.1, 0.15) is 58.1 Å². The highest BCUT2D eigenvalue weighted by molar-refractivity contribution is 5.78. The summed E-state index contributed by atoms with van der Waals surface area (Å²) in [5, 5.41) is 17.1. The second kappa shape index (κ2) is 9.19. The number of amides is 1. The smallest absolute Gasteiger partial charge is 0.222 e. The molecule has 1 saturated heterocycles. The number of aliphatic hydroxyl groups is 1. The largest absolute Gasteiger partial charge is 0.391 e. The van der Waals surface area contributed by atoms with Gasteiger partial charge in [0.05, 0.1) is 6.10 Å². The van der Waals surface area contributed by atoms with Crippen molar-refractivity contribution in [1.29, 1.82) is 0 Å². The Morgan fingerprint density at radius 1 is 1.38 bits per heavy atom. The Bertz CT molecular complexity index is 506. The predicted molar refractivity (Wildman–Crippen MR) is 97.6 cm³/mol. The van der Waals surface area contributed by atoms with Crippen LogP contribution in [0, 0.1) is 11.8 Å². The van der Waals surface area contributed by atoms with Crippen LogP contribution in [0.25, 0.3) is 0 Å². The van der Waals surface area contributed by atoms with Crippen LogP contribution < -0.4 is 10.6 Å². The van der Waals surface area contributed by atoms with E-state index in [1.165, 1.54) is 5.56 Å². The fraction of sp³-hybridized carbons (Fsp3) is 0.650. The molecule has 5 atom stereocenters. The van der Waals surface area contributed by atoms with E-state index in [0.29, 0.717) is 12.3 Å². The third-order valence-electron chi connectivity index (χ3n) is 5.08. The zero-order valence-electron chi connectivity index (χ0n) is 15.2. The summed E-state index contributed by atoms with van der Waals surface area (Å²) < 4.78 is 0. The van der Waals surface area contributed by atoms with Crippen molar-refractivity contribution in [2.24, 2.45) is 11.8 Å². The van der Waals surface area contributed by atoms with E-state index in [2.05, 4.69) is 48.7 Å². The van der Waals surface area contributed by atoms with E-state index >= 15 is 0 Å². The molecule has 134 valence electrons. The minimum absolute atomic E-state index is 0.0492. The molecule has 1 amide bonds. The van der Waals surface area contributed by atoms with E-state index in [1.807, 2.05) is 13.0 Å². The first-order chi connectivity index (χ1) is 11.5. The van der Waals surface area contributed by atoms with Gasteiger partial charge < -0.3 is 15.7 Å². The predicted octanol–water partition coefficient (Wildman–Crippen LogP) is 3.03. The molecular weight excluding hydrogens is 300 g/mol. The van der Waals surface area contributed by atoms with Crippen molar-refractivity contribution >= 4 is 5.91 Å². The molecule has 0 spiro atoms. The van der Waals surface area contributed by atoms with Crippen LogP contribution in [0.15, 0.2) is 30.3 Å². The summed E-state index contributed by atoms with van der Waals surface area (Å²) in [6.45, 7) is 6.95. The highest BCUT2D eigenvalue weighted by Crippen LogP contribution is 2.34. The molecule has 1 aromatic rings. The van der Waals surface area contributed by atoms with E-state index in [0.717, 1.165) is 25.8 Å². The van der Waals surface area contributed by atoms with Crippen molar-refractivity contribution in [1.82, 2.24) is 10.6 Å². The summed E-state index contributed by atoms with van der Waals surface area (Å²) in [5.74, 6) is 0.360. The summed E-state index contributed by atoms with van der Waals surface area (Å²) in [4.78, 5) is 12.1. The van der Waals surface area contributed by atoms with Crippen LogP contribution in [-0.2, 0) is 4.79 Å². The van der Waals surface area contributed by atoms with E-state index in [1.54, 1.807) is 0 Å². The van der Waals surface area contributed by atoms with Gasteiger partial charge in [0.15, 0.2) is 0 Å². The molecule has 3 N–H and O–H groups in total. The first kappa shape index (κ1) is 18.9. The van der Waals surface area contributed by atoms with Crippen LogP contribution in [0.3, 0.4) is 0 Å². The van der Waals surface area contributed by atoms with Crippen molar-refractivity contribution in [3.05, 3.63) is 35.9 Å². The molecule has 0 saturated carbocycles. The third-order valence-corrected chi connectivity index (χ3v) is 5.08. The number of hydrogen-bond acceptors (Lipinski definition) is 3. The Morgan fingerprint density at radius 3 is 2.75 bits per heavy atom. The number of unbranched alkanes of at least 4 members (excludes halogenated alkanes) is 1. The van der Waals surface area contributed by atoms with E-state index < -0.39 is 6.10 Å². The van der Waals surface area contributed by atoms with Crippen LogP contribution in [0.4, 0.5) is 0 Å².